The Morgan fingerprint density at radius 1 is 0.976 bits per heavy atom. The minimum atomic E-state index is -1.13. The molecule has 11 heteroatoms. The number of amides is 3. The first-order chi connectivity index (χ1) is 19.7. The topological polar surface area (TPSA) is 152 Å². The number of carbonyl (C=O) groups excluding carboxylic acids is 4. The van der Waals surface area contributed by atoms with Gasteiger partial charge in [-0.2, -0.15) is 0 Å². The summed E-state index contributed by atoms with van der Waals surface area (Å²) in [6, 6.07) is 6.91. The maximum absolute atomic E-state index is 13.7. The van der Waals surface area contributed by atoms with Gasteiger partial charge in [-0.1, -0.05) is 26.0 Å². The molecular formula is C31H41N3O8. The Morgan fingerprint density at radius 3 is 2.24 bits per heavy atom. The number of hydrogen-bond donors (Lipinski definition) is 4. The molecule has 1 aliphatic heterocycles. The molecule has 0 saturated carbocycles. The zero-order chi connectivity index (χ0) is 31.2. The smallest absolute Gasteiger partial charge is 0.408 e. The van der Waals surface area contributed by atoms with Crippen LogP contribution in [0.1, 0.15) is 52.2 Å². The van der Waals surface area contributed by atoms with Crippen LogP contribution in [0.15, 0.2) is 36.4 Å². The highest BCUT2D eigenvalue weighted by Gasteiger charge is 2.32. The number of fused-ring (bicyclic) bond motifs is 5. The summed E-state index contributed by atoms with van der Waals surface area (Å²) >= 11 is 0. The number of alkyl carbamates (subject to hydrolysis) is 1. The highest BCUT2D eigenvalue weighted by Crippen LogP contribution is 2.37. The molecule has 1 aliphatic rings. The van der Waals surface area contributed by atoms with Crippen LogP contribution in [-0.2, 0) is 36.7 Å². The van der Waals surface area contributed by atoms with Crippen LogP contribution in [-0.4, -0.2) is 66.9 Å². The Hall–Kier alpha value is -4.28. The molecule has 4 bridgehead atoms. The zero-order valence-electron chi connectivity index (χ0n) is 25.2. The lowest BCUT2D eigenvalue weighted by Crippen LogP contribution is -2.57. The van der Waals surface area contributed by atoms with Crippen LogP contribution < -0.4 is 20.7 Å². The molecular weight excluding hydrogens is 542 g/mol. The predicted octanol–water partition coefficient (Wildman–Crippen LogP) is 3.25. The number of phenols is 1. The molecule has 0 aliphatic carbocycles. The largest absolute Gasteiger partial charge is 0.507 e. The van der Waals surface area contributed by atoms with Crippen LogP contribution in [0.3, 0.4) is 0 Å². The van der Waals surface area contributed by atoms with Crippen molar-refractivity contribution in [2.24, 2.45) is 5.92 Å². The van der Waals surface area contributed by atoms with E-state index in [1.165, 1.54) is 20.3 Å². The average molecular weight is 584 g/mol. The monoisotopic (exact) mass is 583 g/mol. The van der Waals surface area contributed by atoms with Crippen LogP contribution in [0.5, 0.6) is 11.5 Å². The number of phenolic OH excluding ortho intramolecular Hbond substituents is 1. The molecule has 1 heterocycles. The van der Waals surface area contributed by atoms with Crippen LogP contribution in [0, 0.1) is 5.92 Å². The molecule has 0 spiro atoms. The maximum atomic E-state index is 13.7. The van der Waals surface area contributed by atoms with Gasteiger partial charge in [-0.05, 0) is 68.5 Å². The first-order valence-electron chi connectivity index (χ1n) is 13.9. The number of benzene rings is 2. The molecule has 42 heavy (non-hydrogen) atoms. The molecule has 2 unspecified atom stereocenters. The number of carbonyl (C=O) groups is 4. The van der Waals surface area contributed by atoms with Crippen molar-refractivity contribution in [1.29, 1.82) is 0 Å². The third-order valence-corrected chi connectivity index (χ3v) is 6.64. The fourth-order valence-corrected chi connectivity index (χ4v) is 4.73. The number of ether oxygens (including phenoxy) is 3. The fourth-order valence-electron chi connectivity index (χ4n) is 4.73. The summed E-state index contributed by atoms with van der Waals surface area (Å²) in [5, 5.41) is 19.0. The first kappa shape index (κ1) is 32.2. The second kappa shape index (κ2) is 13.6. The van der Waals surface area contributed by atoms with E-state index in [9.17, 15) is 24.3 Å². The molecule has 3 rings (SSSR count). The van der Waals surface area contributed by atoms with Gasteiger partial charge in [0, 0.05) is 24.0 Å². The highest BCUT2D eigenvalue weighted by atomic mass is 16.6. The highest BCUT2D eigenvalue weighted by molar-refractivity contribution is 5.93. The van der Waals surface area contributed by atoms with Crippen molar-refractivity contribution < 1.29 is 38.5 Å². The Bertz CT molecular complexity index is 1320. The van der Waals surface area contributed by atoms with Crippen molar-refractivity contribution in [3.8, 4) is 22.6 Å². The normalized spacial score (nSPS) is 19.5. The van der Waals surface area contributed by atoms with E-state index in [-0.39, 0.29) is 30.9 Å². The minimum Gasteiger partial charge on any atom is -0.507 e. The standard InChI is InChI=1S/C31H41N3O8/c1-17(2)12-22-27(36)33-24(29(38)41-7)16-19-9-11-26(40-6)21(14-19)20-13-18(8-10-25(20)35)15-23(28(37)32-22)34-30(39)42-31(3,4)5/h8-11,13-14,17,22-24,35H,12,15-16H2,1-7H3,(H,32,37)(H,33,36)(H,34,39)/t22?,23-,24?/m0/s1. The number of rotatable bonds is 5. The number of aromatic hydroxyl groups is 1. The lowest BCUT2D eigenvalue weighted by Gasteiger charge is -2.27. The molecule has 2 aromatic rings. The average Bonchev–Trinajstić information content (AvgIpc) is 2.90. The maximum Gasteiger partial charge on any atom is 0.408 e. The van der Waals surface area contributed by atoms with Crippen molar-refractivity contribution in [2.45, 2.75) is 77.6 Å². The molecule has 2 aromatic carbocycles. The summed E-state index contributed by atoms with van der Waals surface area (Å²) in [7, 11) is 2.73. The van der Waals surface area contributed by atoms with Gasteiger partial charge in [0.25, 0.3) is 0 Å². The van der Waals surface area contributed by atoms with Crippen molar-refractivity contribution in [3.63, 3.8) is 0 Å². The van der Waals surface area contributed by atoms with Crippen molar-refractivity contribution in [1.82, 2.24) is 16.0 Å². The van der Waals surface area contributed by atoms with Crippen molar-refractivity contribution in [2.75, 3.05) is 14.2 Å². The molecule has 3 atom stereocenters. The fraction of sp³-hybridized carbons (Fsp3) is 0.484. The van der Waals surface area contributed by atoms with Gasteiger partial charge < -0.3 is 35.3 Å². The van der Waals surface area contributed by atoms with Gasteiger partial charge in [-0.15, -0.1) is 0 Å². The van der Waals surface area contributed by atoms with E-state index < -0.39 is 47.6 Å². The third kappa shape index (κ3) is 8.61. The molecule has 3 amide bonds. The van der Waals surface area contributed by atoms with Gasteiger partial charge in [0.1, 0.15) is 35.2 Å². The Morgan fingerprint density at radius 2 is 1.62 bits per heavy atom. The molecule has 0 aromatic heterocycles. The molecule has 4 N–H and O–H groups in total. The van der Waals surface area contributed by atoms with E-state index in [1.54, 1.807) is 51.1 Å². The summed E-state index contributed by atoms with van der Waals surface area (Å²) in [5.74, 6) is -1.39. The van der Waals surface area contributed by atoms with Gasteiger partial charge in [-0.25, -0.2) is 9.59 Å². The summed E-state index contributed by atoms with van der Waals surface area (Å²) in [4.78, 5) is 52.7. The Labute approximate surface area is 246 Å². The second-order valence-corrected chi connectivity index (χ2v) is 11.8. The van der Waals surface area contributed by atoms with Crippen LogP contribution >= 0.6 is 0 Å². The van der Waals surface area contributed by atoms with Gasteiger partial charge in [0.05, 0.1) is 14.2 Å². The zero-order valence-corrected chi connectivity index (χ0v) is 25.2. The quantitative estimate of drug-likeness (QED) is 0.392. The van der Waals surface area contributed by atoms with E-state index in [4.69, 9.17) is 14.2 Å². The lowest BCUT2D eigenvalue weighted by atomic mass is 9.95. The van der Waals surface area contributed by atoms with E-state index in [0.29, 0.717) is 28.0 Å². The predicted molar refractivity (Wildman–Crippen MR) is 156 cm³/mol. The molecule has 0 fully saturated rings. The van der Waals surface area contributed by atoms with E-state index in [2.05, 4.69) is 16.0 Å². The van der Waals surface area contributed by atoms with E-state index in [0.717, 1.165) is 0 Å². The number of esters is 1. The number of methoxy groups -OCH3 is 2. The molecule has 228 valence electrons. The SMILES string of the molecule is COC(=O)C1Cc2ccc(OC)c(c2)-c2cc(ccc2O)C[C@H](NC(=O)OC(C)(C)C)C(=O)NC(CC(C)C)C(=O)N1. The van der Waals surface area contributed by atoms with Gasteiger partial charge in [0.2, 0.25) is 11.8 Å². The van der Waals surface area contributed by atoms with Crippen LogP contribution in [0.25, 0.3) is 11.1 Å². The van der Waals surface area contributed by atoms with Gasteiger partial charge >= 0.3 is 12.1 Å². The third-order valence-electron chi connectivity index (χ3n) is 6.64. The summed E-state index contributed by atoms with van der Waals surface area (Å²) < 4.78 is 15.9. The minimum absolute atomic E-state index is 0.0146. The second-order valence-electron chi connectivity index (χ2n) is 11.8. The number of nitrogens with one attached hydrogen (secondary N) is 3. The molecule has 0 saturated heterocycles. The van der Waals surface area contributed by atoms with Crippen molar-refractivity contribution in [3.05, 3.63) is 47.5 Å². The van der Waals surface area contributed by atoms with Crippen LogP contribution in [0.4, 0.5) is 4.79 Å². The first-order valence-corrected chi connectivity index (χ1v) is 13.9. The summed E-state index contributed by atoms with van der Waals surface area (Å²) in [5.41, 5.74) is 1.46. The summed E-state index contributed by atoms with van der Waals surface area (Å²) in [6.45, 7) is 8.92. The molecule has 11 nitrogen and oxygen atoms in total. The van der Waals surface area contributed by atoms with Crippen LogP contribution in [0.2, 0.25) is 0 Å². The van der Waals surface area contributed by atoms with Gasteiger partial charge in [-0.3, -0.25) is 9.59 Å². The number of hydrogen-bond acceptors (Lipinski definition) is 8. The van der Waals surface area contributed by atoms with E-state index >= 15 is 0 Å². The van der Waals surface area contributed by atoms with Gasteiger partial charge in [0.15, 0.2) is 0 Å². The Balaban J connectivity index is 2.17. The van der Waals surface area contributed by atoms with Crippen molar-refractivity contribution >= 4 is 23.9 Å². The molecule has 0 radical (unpaired) electrons. The summed E-state index contributed by atoms with van der Waals surface area (Å²) in [6.07, 6.45) is -0.410. The van der Waals surface area contributed by atoms with E-state index in [1.807, 2.05) is 13.8 Å². The Kier molecular flexibility index (Phi) is 10.4. The lowest BCUT2D eigenvalue weighted by molar-refractivity contribution is -0.145.